The monoisotopic (exact) mass is 334 g/mol. The lowest BCUT2D eigenvalue weighted by molar-refractivity contribution is -0.153. The van der Waals surface area contributed by atoms with Crippen LogP contribution >= 0.6 is 0 Å². The van der Waals surface area contributed by atoms with Crippen molar-refractivity contribution in [1.29, 1.82) is 0 Å². The molecule has 0 saturated carbocycles. The van der Waals surface area contributed by atoms with Crippen LogP contribution in [0.2, 0.25) is 0 Å². The van der Waals surface area contributed by atoms with Crippen LogP contribution in [0.4, 0.5) is 4.79 Å². The van der Waals surface area contributed by atoms with E-state index in [2.05, 4.69) is 0 Å². The number of ether oxygens (including phenoxy) is 3. The normalized spacial score (nSPS) is 13.8. The molecule has 1 atom stereocenters. The van der Waals surface area contributed by atoms with Gasteiger partial charge in [0, 0.05) is 6.08 Å². The van der Waals surface area contributed by atoms with E-state index in [9.17, 15) is 14.4 Å². The topological polar surface area (TPSA) is 117 Å². The van der Waals surface area contributed by atoms with Crippen molar-refractivity contribution < 1.29 is 28.6 Å². The zero-order valence-electron chi connectivity index (χ0n) is 13.3. The number of hydrogen-bond acceptors (Lipinski definition) is 6. The van der Waals surface area contributed by atoms with Gasteiger partial charge in [-0.2, -0.15) is 0 Å². The van der Waals surface area contributed by atoms with E-state index >= 15 is 0 Å². The van der Waals surface area contributed by atoms with E-state index in [1.54, 1.807) is 32.0 Å². The molecule has 1 aliphatic rings. The molecule has 2 rings (SSSR count). The van der Waals surface area contributed by atoms with Crippen molar-refractivity contribution in [3.63, 3.8) is 0 Å². The number of imide groups is 1. The van der Waals surface area contributed by atoms with Gasteiger partial charge >= 0.3 is 12.0 Å². The SMILES string of the molecule is CC(C)[C@H](OC(=O)/C=C/c1ccc2c(c1)OCO2)C(=O)NC(N)=O. The summed E-state index contributed by atoms with van der Waals surface area (Å²) in [4.78, 5) is 34.4. The molecule has 0 aliphatic carbocycles. The minimum atomic E-state index is -1.12. The molecule has 3 amide bonds. The van der Waals surface area contributed by atoms with Crippen LogP contribution in [0.5, 0.6) is 11.5 Å². The molecule has 1 heterocycles. The summed E-state index contributed by atoms with van der Waals surface area (Å²) in [6, 6.07) is 4.19. The summed E-state index contributed by atoms with van der Waals surface area (Å²) in [5.74, 6) is -0.579. The molecule has 128 valence electrons. The highest BCUT2D eigenvalue weighted by Gasteiger charge is 2.26. The highest BCUT2D eigenvalue weighted by molar-refractivity contribution is 5.97. The molecule has 24 heavy (non-hydrogen) atoms. The predicted molar refractivity (Wildman–Crippen MR) is 84.0 cm³/mol. The molecule has 0 spiro atoms. The third-order valence-corrected chi connectivity index (χ3v) is 3.16. The number of primary amides is 1. The van der Waals surface area contributed by atoms with Crippen molar-refractivity contribution in [3.8, 4) is 11.5 Å². The Morgan fingerprint density at radius 1 is 1.25 bits per heavy atom. The fourth-order valence-electron chi connectivity index (χ4n) is 2.03. The Hall–Kier alpha value is -3.03. The first-order chi connectivity index (χ1) is 11.4. The maximum atomic E-state index is 11.9. The lowest BCUT2D eigenvalue weighted by Crippen LogP contribution is -2.45. The lowest BCUT2D eigenvalue weighted by atomic mass is 10.1. The van der Waals surface area contributed by atoms with Gasteiger partial charge in [0.15, 0.2) is 17.6 Å². The highest BCUT2D eigenvalue weighted by atomic mass is 16.7. The van der Waals surface area contributed by atoms with Gasteiger partial charge in [-0.05, 0) is 29.7 Å². The average Bonchev–Trinajstić information content (AvgIpc) is 2.97. The van der Waals surface area contributed by atoms with Crippen LogP contribution in [0.15, 0.2) is 24.3 Å². The molecular formula is C16H18N2O6. The van der Waals surface area contributed by atoms with Crippen LogP contribution in [-0.4, -0.2) is 30.8 Å². The number of urea groups is 1. The number of rotatable bonds is 5. The molecule has 0 saturated heterocycles. The van der Waals surface area contributed by atoms with Crippen LogP contribution in [0.1, 0.15) is 19.4 Å². The minimum absolute atomic E-state index is 0.162. The number of amides is 3. The zero-order chi connectivity index (χ0) is 17.7. The first kappa shape index (κ1) is 17.3. The van der Waals surface area contributed by atoms with E-state index in [-0.39, 0.29) is 12.7 Å². The smallest absolute Gasteiger partial charge is 0.331 e. The van der Waals surface area contributed by atoms with E-state index < -0.39 is 24.0 Å². The summed E-state index contributed by atoms with van der Waals surface area (Å²) < 4.78 is 15.5. The molecule has 1 aliphatic heterocycles. The Morgan fingerprint density at radius 3 is 2.62 bits per heavy atom. The van der Waals surface area contributed by atoms with Gasteiger partial charge in [-0.15, -0.1) is 0 Å². The molecule has 0 fully saturated rings. The number of carbonyl (C=O) groups excluding carboxylic acids is 3. The van der Waals surface area contributed by atoms with Crippen molar-refractivity contribution in [3.05, 3.63) is 29.8 Å². The fraction of sp³-hybridized carbons (Fsp3) is 0.312. The van der Waals surface area contributed by atoms with E-state index in [1.165, 1.54) is 12.2 Å². The van der Waals surface area contributed by atoms with Gasteiger partial charge in [-0.25, -0.2) is 9.59 Å². The third kappa shape index (κ3) is 4.48. The summed E-state index contributed by atoms with van der Waals surface area (Å²) in [6.45, 7) is 3.52. The summed E-state index contributed by atoms with van der Waals surface area (Å²) >= 11 is 0. The third-order valence-electron chi connectivity index (χ3n) is 3.16. The van der Waals surface area contributed by atoms with Gasteiger partial charge in [0.2, 0.25) is 6.79 Å². The molecule has 0 unspecified atom stereocenters. The molecule has 0 bridgehead atoms. The Labute approximate surface area is 138 Å². The number of carbonyl (C=O) groups is 3. The van der Waals surface area contributed by atoms with E-state index in [1.807, 2.05) is 5.32 Å². The van der Waals surface area contributed by atoms with Crippen molar-refractivity contribution in [2.45, 2.75) is 20.0 Å². The molecule has 1 aromatic carbocycles. The summed E-state index contributed by atoms with van der Waals surface area (Å²) in [5, 5.41) is 1.90. The number of nitrogens with one attached hydrogen (secondary N) is 1. The van der Waals surface area contributed by atoms with Gasteiger partial charge in [0.1, 0.15) is 0 Å². The minimum Gasteiger partial charge on any atom is -0.454 e. The zero-order valence-corrected chi connectivity index (χ0v) is 13.3. The summed E-state index contributed by atoms with van der Waals surface area (Å²) in [6.07, 6.45) is 1.59. The van der Waals surface area contributed by atoms with Gasteiger partial charge in [-0.1, -0.05) is 19.9 Å². The molecule has 1 aromatic rings. The second-order valence-corrected chi connectivity index (χ2v) is 5.40. The average molecular weight is 334 g/mol. The highest BCUT2D eigenvalue weighted by Crippen LogP contribution is 2.32. The van der Waals surface area contributed by atoms with Crippen molar-refractivity contribution >= 4 is 24.0 Å². The largest absolute Gasteiger partial charge is 0.454 e. The van der Waals surface area contributed by atoms with Gasteiger partial charge in [-0.3, -0.25) is 10.1 Å². The molecule has 0 aromatic heterocycles. The quantitative estimate of drug-likeness (QED) is 0.617. The van der Waals surface area contributed by atoms with E-state index in [0.29, 0.717) is 17.1 Å². The first-order valence-corrected chi connectivity index (χ1v) is 7.25. The van der Waals surface area contributed by atoms with Crippen molar-refractivity contribution in [2.24, 2.45) is 11.7 Å². The van der Waals surface area contributed by atoms with Crippen molar-refractivity contribution in [2.75, 3.05) is 6.79 Å². The molecular weight excluding hydrogens is 316 g/mol. The van der Waals surface area contributed by atoms with Gasteiger partial charge in [0.05, 0.1) is 0 Å². The fourth-order valence-corrected chi connectivity index (χ4v) is 2.03. The summed E-state index contributed by atoms with van der Waals surface area (Å²) in [5.41, 5.74) is 5.60. The second-order valence-electron chi connectivity index (χ2n) is 5.40. The molecule has 8 nitrogen and oxygen atoms in total. The number of esters is 1. The number of fused-ring (bicyclic) bond motifs is 1. The summed E-state index contributed by atoms with van der Waals surface area (Å²) in [7, 11) is 0. The van der Waals surface area contributed by atoms with E-state index in [0.717, 1.165) is 0 Å². The van der Waals surface area contributed by atoms with Crippen LogP contribution in [-0.2, 0) is 14.3 Å². The Balaban J connectivity index is 2.00. The van der Waals surface area contributed by atoms with Crippen molar-refractivity contribution in [1.82, 2.24) is 5.32 Å². The molecule has 8 heteroatoms. The Morgan fingerprint density at radius 2 is 1.96 bits per heavy atom. The standard InChI is InChI=1S/C16H18N2O6/c1-9(2)14(15(20)18-16(17)21)24-13(19)6-4-10-3-5-11-12(7-10)23-8-22-11/h3-7,9,14H,8H2,1-2H3,(H3,17,18,20,21)/b6-4+/t14-/m0/s1. The molecule has 0 radical (unpaired) electrons. The van der Waals surface area contributed by atoms with E-state index in [4.69, 9.17) is 19.9 Å². The number of hydrogen-bond donors (Lipinski definition) is 2. The predicted octanol–water partition coefficient (Wildman–Crippen LogP) is 1.19. The Kier molecular flexibility index (Phi) is 5.41. The Bertz CT molecular complexity index is 683. The van der Waals surface area contributed by atoms with Crippen LogP contribution < -0.4 is 20.5 Å². The number of benzene rings is 1. The maximum absolute atomic E-state index is 11.9. The van der Waals surface area contributed by atoms with Crippen LogP contribution in [0.25, 0.3) is 6.08 Å². The molecule has 3 N–H and O–H groups in total. The second kappa shape index (κ2) is 7.49. The van der Waals surface area contributed by atoms with Gasteiger partial charge in [0.25, 0.3) is 5.91 Å². The lowest BCUT2D eigenvalue weighted by Gasteiger charge is -2.18. The van der Waals surface area contributed by atoms with Crippen LogP contribution in [0.3, 0.4) is 0 Å². The first-order valence-electron chi connectivity index (χ1n) is 7.25. The van der Waals surface area contributed by atoms with Gasteiger partial charge < -0.3 is 19.9 Å². The maximum Gasteiger partial charge on any atom is 0.331 e. The van der Waals surface area contributed by atoms with Crippen LogP contribution in [0, 0.1) is 5.92 Å². The number of nitrogens with two attached hydrogens (primary N) is 1.